The van der Waals surface area contributed by atoms with E-state index < -0.39 is 0 Å². The maximum absolute atomic E-state index is 12.3. The molecule has 4 rings (SSSR count). The number of ether oxygens (including phenoxy) is 1. The number of aryl methyl sites for hydroxylation is 3. The van der Waals surface area contributed by atoms with Gasteiger partial charge in [0.1, 0.15) is 17.4 Å². The van der Waals surface area contributed by atoms with Gasteiger partial charge in [-0.15, -0.1) is 0 Å². The number of urea groups is 1. The SMILES string of the molecule is Cc1nc(Oc2ccc(NC(=O)Nc3ccc(C)c(C)c3)cc2)cc(-n2cccc2)n1. The van der Waals surface area contributed by atoms with Crippen molar-refractivity contribution in [2.24, 2.45) is 0 Å². The molecule has 0 radical (unpaired) electrons. The van der Waals surface area contributed by atoms with E-state index >= 15 is 0 Å². The summed E-state index contributed by atoms with van der Waals surface area (Å²) >= 11 is 0. The van der Waals surface area contributed by atoms with Crippen LogP contribution < -0.4 is 15.4 Å². The highest BCUT2D eigenvalue weighted by Crippen LogP contribution is 2.23. The van der Waals surface area contributed by atoms with Crippen LogP contribution in [-0.4, -0.2) is 20.6 Å². The van der Waals surface area contributed by atoms with Gasteiger partial charge in [-0.25, -0.2) is 9.78 Å². The summed E-state index contributed by atoms with van der Waals surface area (Å²) in [6.45, 7) is 5.87. The Balaban J connectivity index is 1.40. The zero-order chi connectivity index (χ0) is 21.8. The quantitative estimate of drug-likeness (QED) is 0.444. The summed E-state index contributed by atoms with van der Waals surface area (Å²) in [5, 5.41) is 5.66. The standard InChI is InChI=1S/C24H23N5O2/c1-16-6-7-20(14-17(16)2)28-24(30)27-19-8-10-21(11-9-19)31-23-15-22(25-18(3)26-23)29-12-4-5-13-29/h4-15H,1-3H3,(H2,27,28,30). The minimum atomic E-state index is -0.306. The summed E-state index contributed by atoms with van der Waals surface area (Å²) in [7, 11) is 0. The van der Waals surface area contributed by atoms with E-state index in [1.54, 1.807) is 30.3 Å². The lowest BCUT2D eigenvalue weighted by molar-refractivity contribution is 0.262. The summed E-state index contributed by atoms with van der Waals surface area (Å²) in [6, 6.07) is 18.2. The Bertz CT molecular complexity index is 1200. The Morgan fingerprint density at radius 1 is 0.839 bits per heavy atom. The van der Waals surface area contributed by atoms with Crippen LogP contribution in [-0.2, 0) is 0 Å². The first-order valence-corrected chi connectivity index (χ1v) is 9.88. The molecule has 0 aliphatic carbocycles. The van der Waals surface area contributed by atoms with Crippen molar-refractivity contribution in [2.45, 2.75) is 20.8 Å². The number of hydrogen-bond acceptors (Lipinski definition) is 4. The molecule has 0 saturated heterocycles. The molecule has 0 fully saturated rings. The van der Waals surface area contributed by atoms with Crippen molar-refractivity contribution in [3.05, 3.63) is 90.0 Å². The van der Waals surface area contributed by atoms with Crippen LogP contribution in [0.15, 0.2) is 73.1 Å². The van der Waals surface area contributed by atoms with Gasteiger partial charge in [-0.1, -0.05) is 6.07 Å². The molecular formula is C24H23N5O2. The van der Waals surface area contributed by atoms with Gasteiger partial charge in [0.25, 0.3) is 0 Å². The number of benzene rings is 2. The van der Waals surface area contributed by atoms with Crippen LogP contribution >= 0.6 is 0 Å². The molecule has 0 unspecified atom stereocenters. The second-order valence-electron chi connectivity index (χ2n) is 7.21. The first-order valence-electron chi connectivity index (χ1n) is 9.88. The molecule has 2 amide bonds. The fourth-order valence-electron chi connectivity index (χ4n) is 3.04. The van der Waals surface area contributed by atoms with E-state index in [0.717, 1.165) is 17.1 Å². The third-order valence-corrected chi connectivity index (χ3v) is 4.77. The van der Waals surface area contributed by atoms with Crippen LogP contribution in [0.25, 0.3) is 5.82 Å². The van der Waals surface area contributed by atoms with Gasteiger partial charge in [-0.3, -0.25) is 0 Å². The van der Waals surface area contributed by atoms with Crippen LogP contribution in [0, 0.1) is 20.8 Å². The van der Waals surface area contributed by atoms with Gasteiger partial charge in [0, 0.05) is 29.8 Å². The molecule has 0 saturated carbocycles. The summed E-state index contributed by atoms with van der Waals surface area (Å²) in [6.07, 6.45) is 3.82. The van der Waals surface area contributed by atoms with E-state index in [2.05, 4.69) is 20.6 Å². The second kappa shape index (κ2) is 8.71. The highest BCUT2D eigenvalue weighted by Gasteiger charge is 2.07. The number of hydrogen-bond donors (Lipinski definition) is 2. The average Bonchev–Trinajstić information content (AvgIpc) is 3.27. The minimum absolute atomic E-state index is 0.306. The molecular weight excluding hydrogens is 390 g/mol. The number of carbonyl (C=O) groups excluding carboxylic acids is 1. The van der Waals surface area contributed by atoms with Gasteiger partial charge in [-0.2, -0.15) is 4.98 Å². The molecule has 31 heavy (non-hydrogen) atoms. The van der Waals surface area contributed by atoms with E-state index in [1.165, 1.54) is 5.56 Å². The molecule has 2 aromatic carbocycles. The molecule has 4 aromatic rings. The highest BCUT2D eigenvalue weighted by molar-refractivity contribution is 5.99. The number of anilines is 2. The minimum Gasteiger partial charge on any atom is -0.439 e. The van der Waals surface area contributed by atoms with Crippen molar-refractivity contribution in [3.8, 4) is 17.4 Å². The fourth-order valence-corrected chi connectivity index (χ4v) is 3.04. The topological polar surface area (TPSA) is 81.1 Å². The van der Waals surface area contributed by atoms with Crippen molar-refractivity contribution in [1.29, 1.82) is 0 Å². The van der Waals surface area contributed by atoms with E-state index in [0.29, 0.717) is 23.1 Å². The molecule has 7 heteroatoms. The third kappa shape index (κ3) is 5.08. The number of nitrogens with zero attached hydrogens (tertiary/aromatic N) is 3. The van der Waals surface area contributed by atoms with E-state index in [-0.39, 0.29) is 6.03 Å². The van der Waals surface area contributed by atoms with Crippen molar-refractivity contribution < 1.29 is 9.53 Å². The Kier molecular flexibility index (Phi) is 5.66. The van der Waals surface area contributed by atoms with Crippen LogP contribution in [0.5, 0.6) is 11.6 Å². The predicted octanol–water partition coefficient (Wildman–Crippen LogP) is 5.63. The largest absolute Gasteiger partial charge is 0.439 e. The molecule has 2 N–H and O–H groups in total. The van der Waals surface area contributed by atoms with Crippen LogP contribution in [0.1, 0.15) is 17.0 Å². The summed E-state index contributed by atoms with van der Waals surface area (Å²) in [5.74, 6) is 2.40. The van der Waals surface area contributed by atoms with Gasteiger partial charge in [0.05, 0.1) is 0 Å². The molecule has 7 nitrogen and oxygen atoms in total. The van der Waals surface area contributed by atoms with Crippen LogP contribution in [0.2, 0.25) is 0 Å². The van der Waals surface area contributed by atoms with E-state index in [1.807, 2.05) is 68.1 Å². The molecule has 2 heterocycles. The monoisotopic (exact) mass is 413 g/mol. The number of aromatic nitrogens is 3. The number of rotatable bonds is 5. The average molecular weight is 413 g/mol. The summed E-state index contributed by atoms with van der Waals surface area (Å²) in [5.41, 5.74) is 3.71. The Hall–Kier alpha value is -4.13. The van der Waals surface area contributed by atoms with Crippen molar-refractivity contribution in [1.82, 2.24) is 14.5 Å². The summed E-state index contributed by atoms with van der Waals surface area (Å²) in [4.78, 5) is 21.0. The first kappa shape index (κ1) is 20.2. The molecule has 0 atom stereocenters. The lowest BCUT2D eigenvalue weighted by atomic mass is 10.1. The molecule has 156 valence electrons. The lowest BCUT2D eigenvalue weighted by Crippen LogP contribution is -2.19. The van der Waals surface area contributed by atoms with Crippen molar-refractivity contribution >= 4 is 17.4 Å². The Morgan fingerprint density at radius 3 is 2.23 bits per heavy atom. The highest BCUT2D eigenvalue weighted by atomic mass is 16.5. The van der Waals surface area contributed by atoms with E-state index in [4.69, 9.17) is 4.74 Å². The Labute approximate surface area is 180 Å². The van der Waals surface area contributed by atoms with Gasteiger partial charge in [0.15, 0.2) is 0 Å². The summed E-state index contributed by atoms with van der Waals surface area (Å²) < 4.78 is 7.78. The molecule has 0 spiro atoms. The maximum atomic E-state index is 12.3. The van der Waals surface area contributed by atoms with E-state index in [9.17, 15) is 4.79 Å². The zero-order valence-corrected chi connectivity index (χ0v) is 17.6. The number of amides is 2. The van der Waals surface area contributed by atoms with Gasteiger partial charge < -0.3 is 19.9 Å². The molecule has 0 bridgehead atoms. The molecule has 2 aromatic heterocycles. The van der Waals surface area contributed by atoms with Gasteiger partial charge >= 0.3 is 6.03 Å². The number of nitrogens with one attached hydrogen (secondary N) is 2. The fraction of sp³-hybridized carbons (Fsp3) is 0.125. The first-order chi connectivity index (χ1) is 15.0. The van der Waals surface area contributed by atoms with Crippen LogP contribution in [0.3, 0.4) is 0 Å². The third-order valence-electron chi connectivity index (χ3n) is 4.77. The van der Waals surface area contributed by atoms with Crippen molar-refractivity contribution in [3.63, 3.8) is 0 Å². The molecule has 0 aliphatic heterocycles. The number of carbonyl (C=O) groups is 1. The van der Waals surface area contributed by atoms with Crippen LogP contribution in [0.4, 0.5) is 16.2 Å². The smallest absolute Gasteiger partial charge is 0.323 e. The Morgan fingerprint density at radius 2 is 1.52 bits per heavy atom. The van der Waals surface area contributed by atoms with Crippen molar-refractivity contribution in [2.75, 3.05) is 10.6 Å². The second-order valence-corrected chi connectivity index (χ2v) is 7.21. The normalized spacial score (nSPS) is 10.5. The lowest BCUT2D eigenvalue weighted by Gasteiger charge is -2.11. The molecule has 0 aliphatic rings. The van der Waals surface area contributed by atoms with Gasteiger partial charge in [0.2, 0.25) is 5.88 Å². The predicted molar refractivity (Wildman–Crippen MR) is 121 cm³/mol. The maximum Gasteiger partial charge on any atom is 0.323 e. The van der Waals surface area contributed by atoms with Gasteiger partial charge in [-0.05, 0) is 80.4 Å². The zero-order valence-electron chi connectivity index (χ0n) is 17.6.